The number of anilines is 1. The van der Waals surface area contributed by atoms with Crippen LogP contribution >= 0.6 is 23.4 Å². The maximum atomic E-state index is 12.6. The highest BCUT2D eigenvalue weighted by Crippen LogP contribution is 2.35. The number of hydrogen-bond acceptors (Lipinski definition) is 6. The number of carbonyl (C=O) groups excluding carboxylic acids is 3. The Labute approximate surface area is 208 Å². The highest BCUT2D eigenvalue weighted by molar-refractivity contribution is 8.00. The highest BCUT2D eigenvalue weighted by Gasteiger charge is 2.44. The number of halogens is 1. The molecule has 3 heterocycles. The Balaban J connectivity index is 1.20. The van der Waals surface area contributed by atoms with Crippen molar-refractivity contribution >= 4 is 47.1 Å². The lowest BCUT2D eigenvalue weighted by atomic mass is 9.98. The average Bonchev–Trinajstić information content (AvgIpc) is 3.15. The van der Waals surface area contributed by atoms with Crippen LogP contribution in [-0.2, 0) is 14.3 Å². The lowest BCUT2D eigenvalue weighted by Gasteiger charge is -2.37. The molecule has 2 unspecified atom stereocenters. The fraction of sp³-hybridized carbons (Fsp3) is 0.417. The van der Waals surface area contributed by atoms with Gasteiger partial charge in [-0.2, -0.15) is 0 Å². The van der Waals surface area contributed by atoms with Gasteiger partial charge in [0.15, 0.2) is 0 Å². The third kappa shape index (κ3) is 5.82. The maximum Gasteiger partial charge on any atom is 0.411 e. The van der Waals surface area contributed by atoms with Crippen LogP contribution in [0.4, 0.5) is 10.6 Å². The number of aromatic nitrogens is 1. The summed E-state index contributed by atoms with van der Waals surface area (Å²) < 4.78 is 5.68. The molecule has 2 aromatic rings. The van der Waals surface area contributed by atoms with E-state index in [2.05, 4.69) is 10.3 Å². The first-order valence-corrected chi connectivity index (χ1v) is 12.8. The number of hydrogen-bond donors (Lipinski definition) is 1. The number of nitrogens with zero attached hydrogens (tertiary/aromatic N) is 3. The number of thioether (sulfide) groups is 1. The van der Waals surface area contributed by atoms with E-state index in [1.165, 1.54) is 18.0 Å². The van der Waals surface area contributed by atoms with Crippen LogP contribution in [0.1, 0.15) is 31.4 Å². The second-order valence-electron chi connectivity index (χ2n) is 8.38. The van der Waals surface area contributed by atoms with E-state index in [1.807, 2.05) is 47.1 Å². The smallest absolute Gasteiger partial charge is 0.411 e. The van der Waals surface area contributed by atoms with Gasteiger partial charge in [0.2, 0.25) is 11.8 Å². The van der Waals surface area contributed by atoms with Gasteiger partial charge in [0.25, 0.3) is 0 Å². The molecule has 2 atom stereocenters. The molecule has 0 aliphatic carbocycles. The zero-order valence-electron chi connectivity index (χ0n) is 18.9. The lowest BCUT2D eigenvalue weighted by Crippen LogP contribution is -2.49. The molecule has 0 spiro atoms. The summed E-state index contributed by atoms with van der Waals surface area (Å²) in [6.45, 7) is 3.18. The van der Waals surface area contributed by atoms with Gasteiger partial charge < -0.3 is 15.0 Å². The zero-order chi connectivity index (χ0) is 24.1. The first kappa shape index (κ1) is 24.3. The summed E-state index contributed by atoms with van der Waals surface area (Å²) >= 11 is 7.05. The van der Waals surface area contributed by atoms with Crippen LogP contribution in [0, 0.1) is 0 Å². The minimum atomic E-state index is -0.289. The molecule has 2 saturated heterocycles. The van der Waals surface area contributed by atoms with Gasteiger partial charge in [0, 0.05) is 25.3 Å². The second-order valence-corrected chi connectivity index (χ2v) is 9.80. The molecule has 3 amide bonds. The van der Waals surface area contributed by atoms with Crippen LogP contribution in [0.5, 0.6) is 0 Å². The monoisotopic (exact) mass is 502 g/mol. The molecule has 10 heteroatoms. The van der Waals surface area contributed by atoms with Gasteiger partial charge in [0.1, 0.15) is 11.9 Å². The van der Waals surface area contributed by atoms with E-state index in [9.17, 15) is 14.4 Å². The molecular weight excluding hydrogens is 476 g/mol. The van der Waals surface area contributed by atoms with Crippen molar-refractivity contribution in [1.29, 1.82) is 0 Å². The first-order chi connectivity index (χ1) is 16.4. The molecule has 34 heavy (non-hydrogen) atoms. The number of pyridine rings is 1. The Morgan fingerprint density at radius 2 is 1.88 bits per heavy atom. The highest BCUT2D eigenvalue weighted by atomic mass is 35.5. The molecule has 0 saturated carbocycles. The van der Waals surface area contributed by atoms with E-state index in [0.29, 0.717) is 36.8 Å². The van der Waals surface area contributed by atoms with Crippen LogP contribution in [0.15, 0.2) is 48.7 Å². The van der Waals surface area contributed by atoms with E-state index >= 15 is 0 Å². The van der Waals surface area contributed by atoms with Crippen LogP contribution in [0.25, 0.3) is 0 Å². The van der Waals surface area contributed by atoms with Gasteiger partial charge >= 0.3 is 6.09 Å². The van der Waals surface area contributed by atoms with Gasteiger partial charge in [-0.3, -0.25) is 14.5 Å². The molecule has 8 nitrogen and oxygen atoms in total. The quantitative estimate of drug-likeness (QED) is 0.615. The van der Waals surface area contributed by atoms with Crippen LogP contribution < -0.4 is 5.32 Å². The predicted molar refractivity (Wildman–Crippen MR) is 132 cm³/mol. The van der Waals surface area contributed by atoms with E-state index in [0.717, 1.165) is 5.56 Å². The summed E-state index contributed by atoms with van der Waals surface area (Å²) in [5, 5.41) is 3.17. The van der Waals surface area contributed by atoms with E-state index in [4.69, 9.17) is 16.3 Å². The number of cyclic esters (lactones) is 1. The number of nitrogens with one attached hydrogen (secondary N) is 1. The summed E-state index contributed by atoms with van der Waals surface area (Å²) in [7, 11) is 0. The predicted octanol–water partition coefficient (Wildman–Crippen LogP) is 3.98. The van der Waals surface area contributed by atoms with Crippen molar-refractivity contribution in [2.24, 2.45) is 0 Å². The molecule has 4 rings (SSSR count). The Morgan fingerprint density at radius 3 is 2.56 bits per heavy atom. The van der Waals surface area contributed by atoms with E-state index in [1.54, 1.807) is 12.1 Å². The number of carbonyl (C=O) groups is 3. The van der Waals surface area contributed by atoms with Crippen molar-refractivity contribution < 1.29 is 19.1 Å². The minimum absolute atomic E-state index is 0.0000713. The molecule has 1 N–H and O–H groups in total. The van der Waals surface area contributed by atoms with Crippen molar-refractivity contribution in [2.75, 3.05) is 29.9 Å². The molecule has 0 bridgehead atoms. The van der Waals surface area contributed by atoms with Gasteiger partial charge in [-0.1, -0.05) is 41.9 Å². The Hall–Kier alpha value is -2.78. The van der Waals surface area contributed by atoms with Crippen molar-refractivity contribution in [2.45, 2.75) is 38.0 Å². The fourth-order valence-electron chi connectivity index (χ4n) is 4.40. The van der Waals surface area contributed by atoms with Gasteiger partial charge in [0.05, 0.1) is 22.6 Å². The molecular formula is C24H27ClN4O4S. The zero-order valence-corrected chi connectivity index (χ0v) is 20.4. The summed E-state index contributed by atoms with van der Waals surface area (Å²) in [6, 6.07) is 13.0. The summed E-state index contributed by atoms with van der Waals surface area (Å²) in [6.07, 6.45) is 2.31. The molecule has 1 aromatic heterocycles. The van der Waals surface area contributed by atoms with Crippen molar-refractivity contribution in [3.8, 4) is 0 Å². The van der Waals surface area contributed by atoms with Crippen LogP contribution in [0.2, 0.25) is 5.02 Å². The molecule has 2 aliphatic rings. The van der Waals surface area contributed by atoms with Crippen molar-refractivity contribution in [3.05, 3.63) is 59.2 Å². The third-order valence-electron chi connectivity index (χ3n) is 6.11. The van der Waals surface area contributed by atoms with Crippen molar-refractivity contribution in [1.82, 2.24) is 14.8 Å². The first-order valence-electron chi connectivity index (χ1n) is 11.2. The topological polar surface area (TPSA) is 91.8 Å². The van der Waals surface area contributed by atoms with E-state index < -0.39 is 0 Å². The number of amides is 3. The fourth-order valence-corrected chi connectivity index (χ4v) is 5.22. The van der Waals surface area contributed by atoms with Crippen LogP contribution in [-0.4, -0.2) is 69.4 Å². The number of ether oxygens (including phenoxy) is 1. The lowest BCUT2D eigenvalue weighted by molar-refractivity contribution is -0.129. The number of benzene rings is 1. The largest absolute Gasteiger partial charge is 0.439 e. The Kier molecular flexibility index (Phi) is 7.95. The molecule has 1 aromatic carbocycles. The standard InChI is InChI=1S/C24H27ClN4O4S/c1-16-23(17-5-3-2-4-6-17)33-24(32)29(16)19-9-11-28(12-10-19)22(31)15-34-14-21(30)27-20-8-7-18(25)13-26-20/h2-8,13,16,19,23H,9-12,14-15H2,1H3,(H,26,27,30). The Bertz CT molecular complexity index is 1020. The third-order valence-corrected chi connectivity index (χ3v) is 7.25. The number of rotatable bonds is 7. The second kappa shape index (κ2) is 11.1. The summed E-state index contributed by atoms with van der Waals surface area (Å²) in [5.41, 5.74) is 0.992. The molecule has 2 fully saturated rings. The number of piperidine rings is 1. The van der Waals surface area contributed by atoms with Gasteiger partial charge in [-0.15, -0.1) is 11.8 Å². The van der Waals surface area contributed by atoms with Gasteiger partial charge in [-0.25, -0.2) is 9.78 Å². The molecule has 2 aliphatic heterocycles. The number of likely N-dealkylation sites (tertiary alicyclic amines) is 1. The van der Waals surface area contributed by atoms with Gasteiger partial charge in [-0.05, 0) is 37.5 Å². The summed E-state index contributed by atoms with van der Waals surface area (Å²) in [4.78, 5) is 44.9. The normalized spacial score (nSPS) is 20.8. The molecule has 0 radical (unpaired) electrons. The SMILES string of the molecule is CC1C(c2ccccc2)OC(=O)N1C1CCN(C(=O)CSCC(=O)Nc2ccc(Cl)cn2)CC1. The summed E-state index contributed by atoms with van der Waals surface area (Å²) in [5.74, 6) is 0.586. The molecule has 180 valence electrons. The maximum absolute atomic E-state index is 12.6. The average molecular weight is 503 g/mol. The van der Waals surface area contributed by atoms with Crippen molar-refractivity contribution in [3.63, 3.8) is 0 Å². The van der Waals surface area contributed by atoms with Crippen LogP contribution in [0.3, 0.4) is 0 Å². The van der Waals surface area contributed by atoms with E-state index in [-0.39, 0.29) is 47.6 Å². The Morgan fingerprint density at radius 1 is 1.15 bits per heavy atom. The minimum Gasteiger partial charge on any atom is -0.439 e.